The third kappa shape index (κ3) is 11.3. The molecule has 1 aliphatic carbocycles. The fourth-order valence-corrected chi connectivity index (χ4v) is 7.93. The molecule has 4 rings (SSSR count). The summed E-state index contributed by atoms with van der Waals surface area (Å²) in [6.45, 7) is 13.7. The van der Waals surface area contributed by atoms with E-state index in [0.717, 1.165) is 24.8 Å². The molecule has 0 radical (unpaired) electrons. The number of hydrogen-bond donors (Lipinski definition) is 4. The highest BCUT2D eigenvalue weighted by Gasteiger charge is 2.47. The van der Waals surface area contributed by atoms with E-state index in [4.69, 9.17) is 0 Å². The van der Waals surface area contributed by atoms with Crippen molar-refractivity contribution < 1.29 is 41.9 Å². The Morgan fingerprint density at radius 3 is 2.24 bits per heavy atom. The van der Waals surface area contributed by atoms with Crippen molar-refractivity contribution in [2.45, 2.75) is 123 Å². The van der Waals surface area contributed by atoms with Crippen LogP contribution in [0.2, 0.25) is 0 Å². The molecule has 2 unspecified atom stereocenters. The van der Waals surface area contributed by atoms with Gasteiger partial charge in [0.1, 0.15) is 12.1 Å². The normalized spacial score (nSPS) is 20.7. The highest BCUT2D eigenvalue weighted by Crippen LogP contribution is 2.35. The molecular weight excluding hydrogens is 717 g/mol. The monoisotopic (exact) mass is 774 g/mol. The summed E-state index contributed by atoms with van der Waals surface area (Å²) in [5.74, 6) is -4.64. The van der Waals surface area contributed by atoms with E-state index in [1.165, 1.54) is 11.0 Å². The number of nitrogens with one attached hydrogen (secondary N) is 4. The second-order valence-corrected chi connectivity index (χ2v) is 16.5. The molecule has 1 aromatic carbocycles. The summed E-state index contributed by atoms with van der Waals surface area (Å²) in [5, 5.41) is 10.6. The average molecular weight is 775 g/mol. The van der Waals surface area contributed by atoms with E-state index in [0.29, 0.717) is 31.4 Å². The summed E-state index contributed by atoms with van der Waals surface area (Å²) in [4.78, 5) is 84.5. The molecule has 15 heteroatoms. The molecule has 1 aromatic rings. The molecule has 2 heterocycles. The van der Waals surface area contributed by atoms with Crippen molar-refractivity contribution in [1.29, 1.82) is 0 Å². The predicted octanol–water partition coefficient (Wildman–Crippen LogP) is 4.88. The van der Waals surface area contributed by atoms with Crippen LogP contribution in [0.5, 0.6) is 0 Å². The zero-order chi connectivity index (χ0) is 40.7. The number of fused-ring (bicyclic) bond motifs is 1. The number of carbonyl (C=O) groups excluding carboxylic acids is 6. The molecule has 0 spiro atoms. The Bertz CT molecular complexity index is 1590. The van der Waals surface area contributed by atoms with Gasteiger partial charge in [-0.3, -0.25) is 24.0 Å². The molecule has 12 nitrogen and oxygen atoms in total. The molecule has 5 atom stereocenters. The second kappa shape index (κ2) is 18.5. The van der Waals surface area contributed by atoms with E-state index in [1.807, 2.05) is 52.8 Å². The standard InChI is InChI=1S/C40H57F3N6O6/c1-7-20-44-35(52)33(50)29(17-19-40(41,42)43)45-34(51)32-27(24(2)3)18-21-49(32)37(54)31(25-13-9-8-10-14-25)47-38(55)46-30(39(4,5)6)23-48-22-26-15-11-12-16-28(26)36(48)53/h7,11-12,15-16,24-25,27,29-32H,1,8-10,13-14,17-23H2,2-6H3,(H,44,52)(H,45,51)(H2,46,47,55)/t27?,29?,30-,31+,32+/m1/s1. The molecule has 1 saturated carbocycles. The molecule has 6 amide bonds. The van der Waals surface area contributed by atoms with E-state index in [1.54, 1.807) is 11.0 Å². The van der Waals surface area contributed by atoms with Gasteiger partial charge in [-0.05, 0) is 60.5 Å². The molecule has 0 bridgehead atoms. The van der Waals surface area contributed by atoms with E-state index >= 15 is 0 Å². The van der Waals surface area contributed by atoms with Crippen molar-refractivity contribution in [1.82, 2.24) is 31.1 Å². The zero-order valence-electron chi connectivity index (χ0n) is 32.6. The van der Waals surface area contributed by atoms with Crippen molar-refractivity contribution in [2.75, 3.05) is 19.6 Å². The van der Waals surface area contributed by atoms with Crippen LogP contribution in [0.15, 0.2) is 36.9 Å². The summed E-state index contributed by atoms with van der Waals surface area (Å²) in [6, 6.07) is 2.29. The number of carbonyl (C=O) groups is 6. The maximum Gasteiger partial charge on any atom is 0.389 e. The summed E-state index contributed by atoms with van der Waals surface area (Å²) >= 11 is 0. The number of amides is 6. The quantitative estimate of drug-likeness (QED) is 0.147. The highest BCUT2D eigenvalue weighted by atomic mass is 19.4. The Balaban J connectivity index is 1.56. The molecule has 1 saturated heterocycles. The van der Waals surface area contributed by atoms with Gasteiger partial charge in [-0.1, -0.05) is 78.2 Å². The maximum atomic E-state index is 14.7. The van der Waals surface area contributed by atoms with Crippen LogP contribution in [-0.4, -0.2) is 95.2 Å². The number of rotatable bonds is 15. The van der Waals surface area contributed by atoms with Crippen LogP contribution < -0.4 is 21.3 Å². The van der Waals surface area contributed by atoms with Gasteiger partial charge in [0.2, 0.25) is 17.6 Å². The summed E-state index contributed by atoms with van der Waals surface area (Å²) < 4.78 is 39.9. The van der Waals surface area contributed by atoms with E-state index in [-0.39, 0.29) is 37.4 Å². The summed E-state index contributed by atoms with van der Waals surface area (Å²) in [6.07, 6.45) is -1.25. The van der Waals surface area contributed by atoms with Crippen LogP contribution in [0.25, 0.3) is 0 Å². The largest absolute Gasteiger partial charge is 0.389 e. The lowest BCUT2D eigenvalue weighted by Gasteiger charge is -2.38. The Labute approximate surface area is 321 Å². The Kier molecular flexibility index (Phi) is 14.5. The zero-order valence-corrected chi connectivity index (χ0v) is 32.6. The highest BCUT2D eigenvalue weighted by molar-refractivity contribution is 6.38. The number of likely N-dealkylation sites (tertiary alicyclic amines) is 1. The van der Waals surface area contributed by atoms with Gasteiger partial charge in [-0.2, -0.15) is 13.2 Å². The van der Waals surface area contributed by atoms with Crippen LogP contribution in [0.4, 0.5) is 18.0 Å². The molecule has 304 valence electrons. The Morgan fingerprint density at radius 1 is 0.964 bits per heavy atom. The number of hydrogen-bond acceptors (Lipinski definition) is 6. The fraction of sp³-hybridized carbons (Fsp3) is 0.650. The first-order valence-corrected chi connectivity index (χ1v) is 19.4. The average Bonchev–Trinajstić information content (AvgIpc) is 3.72. The first-order valence-electron chi connectivity index (χ1n) is 19.4. The molecule has 4 N–H and O–H groups in total. The van der Waals surface area contributed by atoms with Gasteiger partial charge in [0.15, 0.2) is 0 Å². The topological polar surface area (TPSA) is 157 Å². The first-order chi connectivity index (χ1) is 25.8. The van der Waals surface area contributed by atoms with Gasteiger partial charge in [-0.15, -0.1) is 6.58 Å². The minimum Gasteiger partial charge on any atom is -0.346 e. The lowest BCUT2D eigenvalue weighted by Crippen LogP contribution is -2.61. The Morgan fingerprint density at radius 2 is 1.64 bits per heavy atom. The maximum absolute atomic E-state index is 14.7. The van der Waals surface area contributed by atoms with Crippen LogP contribution in [0, 0.1) is 23.2 Å². The molecule has 2 fully saturated rings. The molecule has 55 heavy (non-hydrogen) atoms. The van der Waals surface area contributed by atoms with E-state index in [9.17, 15) is 41.9 Å². The third-order valence-corrected chi connectivity index (χ3v) is 11.2. The minimum atomic E-state index is -4.66. The smallest absolute Gasteiger partial charge is 0.346 e. The first kappa shape index (κ1) is 43.3. The molecule has 3 aliphatic rings. The number of ketones is 1. The van der Waals surface area contributed by atoms with Crippen LogP contribution in [0.1, 0.15) is 102 Å². The minimum absolute atomic E-state index is 0.102. The van der Waals surface area contributed by atoms with Crippen LogP contribution in [-0.2, 0) is 25.7 Å². The SMILES string of the molecule is C=CCNC(=O)C(=O)C(CCC(F)(F)F)NC(=O)[C@@H]1C(C(C)C)CCN1C(=O)[C@@H](NC(=O)N[C@H](CN1Cc2ccccc2C1=O)C(C)(C)C)C1CCCCC1. The number of Topliss-reactive ketones (excluding diaryl/α,β-unsaturated/α-hetero) is 1. The lowest BCUT2D eigenvalue weighted by molar-refractivity contribution is -0.147. The van der Waals surface area contributed by atoms with Crippen molar-refractivity contribution in [2.24, 2.45) is 23.2 Å². The fourth-order valence-electron chi connectivity index (χ4n) is 7.93. The predicted molar refractivity (Wildman–Crippen MR) is 200 cm³/mol. The van der Waals surface area contributed by atoms with Crippen molar-refractivity contribution in [3.05, 3.63) is 48.0 Å². The van der Waals surface area contributed by atoms with Gasteiger partial charge in [-0.25, -0.2) is 4.79 Å². The Hall–Kier alpha value is -4.43. The molecule has 2 aliphatic heterocycles. The number of urea groups is 1. The lowest BCUT2D eigenvalue weighted by atomic mass is 9.82. The van der Waals surface area contributed by atoms with Crippen molar-refractivity contribution in [3.63, 3.8) is 0 Å². The molecular formula is C40H57F3N6O6. The molecule has 0 aromatic heterocycles. The van der Waals surface area contributed by atoms with Gasteiger partial charge < -0.3 is 31.1 Å². The number of alkyl halides is 3. The van der Waals surface area contributed by atoms with Gasteiger partial charge in [0.25, 0.3) is 11.8 Å². The number of benzene rings is 1. The third-order valence-electron chi connectivity index (χ3n) is 11.2. The second-order valence-electron chi connectivity index (χ2n) is 16.5. The summed E-state index contributed by atoms with van der Waals surface area (Å²) in [7, 11) is 0. The van der Waals surface area contributed by atoms with Crippen molar-refractivity contribution in [3.8, 4) is 0 Å². The van der Waals surface area contributed by atoms with E-state index < -0.39 is 84.1 Å². The van der Waals surface area contributed by atoms with Gasteiger partial charge in [0, 0.05) is 38.2 Å². The number of halogens is 3. The summed E-state index contributed by atoms with van der Waals surface area (Å²) in [5.41, 5.74) is 1.05. The van der Waals surface area contributed by atoms with Gasteiger partial charge >= 0.3 is 12.2 Å². The van der Waals surface area contributed by atoms with Gasteiger partial charge in [0.05, 0.1) is 12.1 Å². The van der Waals surface area contributed by atoms with Crippen molar-refractivity contribution >= 4 is 35.4 Å². The van der Waals surface area contributed by atoms with Crippen LogP contribution >= 0.6 is 0 Å². The van der Waals surface area contributed by atoms with Crippen LogP contribution in [0.3, 0.4) is 0 Å². The number of nitrogens with zero attached hydrogens (tertiary/aromatic N) is 2. The van der Waals surface area contributed by atoms with E-state index in [2.05, 4.69) is 27.8 Å².